The summed E-state index contributed by atoms with van der Waals surface area (Å²) < 4.78 is 2.51. The van der Waals surface area contributed by atoms with Gasteiger partial charge in [0, 0.05) is 38.9 Å². The molecule has 0 amide bonds. The maximum atomic E-state index is 2.53. The van der Waals surface area contributed by atoms with Gasteiger partial charge in [-0.3, -0.25) is 0 Å². The van der Waals surface area contributed by atoms with Gasteiger partial charge in [-0.2, -0.15) is 0 Å². The summed E-state index contributed by atoms with van der Waals surface area (Å²) in [5, 5.41) is 2.64. The number of hydrogen-bond donors (Lipinski definition) is 0. The molecule has 7 aromatic rings. The summed E-state index contributed by atoms with van der Waals surface area (Å²) in [6.45, 7) is 4.90. The van der Waals surface area contributed by atoms with Crippen molar-refractivity contribution < 1.29 is 0 Å². The molecule has 6 unspecified atom stereocenters. The third-order valence-corrected chi connectivity index (χ3v) is 15.3. The summed E-state index contributed by atoms with van der Waals surface area (Å²) in [6, 6.07) is 51.5. The van der Waals surface area contributed by atoms with Crippen molar-refractivity contribution in [2.75, 3.05) is 4.90 Å². The fourth-order valence-electron chi connectivity index (χ4n) is 12.8. The summed E-state index contributed by atoms with van der Waals surface area (Å²) in [4.78, 5) is 2.53. The zero-order valence-corrected chi connectivity index (χ0v) is 32.2. The first-order valence-corrected chi connectivity index (χ1v) is 21.3. The van der Waals surface area contributed by atoms with E-state index in [1.807, 2.05) is 0 Å². The summed E-state index contributed by atoms with van der Waals surface area (Å²) >= 11 is 0. The molecule has 12 rings (SSSR count). The summed E-state index contributed by atoms with van der Waals surface area (Å²) in [5.74, 6) is 5.16. The normalized spacial score (nSPS) is 25.6. The molecule has 0 aliphatic heterocycles. The van der Waals surface area contributed by atoms with E-state index in [4.69, 9.17) is 0 Å². The molecular formula is C53H50N2. The number of aromatic nitrogens is 1. The Bertz CT molecular complexity index is 2540. The van der Waals surface area contributed by atoms with Crippen molar-refractivity contribution in [3.63, 3.8) is 0 Å². The van der Waals surface area contributed by atoms with Gasteiger partial charge in [-0.15, -0.1) is 0 Å². The van der Waals surface area contributed by atoms with E-state index < -0.39 is 0 Å². The minimum Gasteiger partial charge on any atom is -0.310 e. The molecule has 1 heterocycles. The zero-order chi connectivity index (χ0) is 36.4. The van der Waals surface area contributed by atoms with E-state index in [9.17, 15) is 0 Å². The molecule has 0 spiro atoms. The van der Waals surface area contributed by atoms with Gasteiger partial charge < -0.3 is 9.47 Å². The molecule has 0 saturated heterocycles. The predicted octanol–water partition coefficient (Wildman–Crippen LogP) is 14.4. The Morgan fingerprint density at radius 3 is 1.71 bits per heavy atom. The minimum atomic E-state index is -0.204. The Labute approximate surface area is 325 Å². The second-order valence-electron chi connectivity index (χ2n) is 18.5. The third kappa shape index (κ3) is 4.79. The maximum Gasteiger partial charge on any atom is 0.0588 e. The highest BCUT2D eigenvalue weighted by Gasteiger charge is 2.42. The second-order valence-corrected chi connectivity index (χ2v) is 18.5. The lowest BCUT2D eigenvalue weighted by Crippen LogP contribution is -2.18. The van der Waals surface area contributed by atoms with Gasteiger partial charge in [-0.05, 0) is 162 Å². The van der Waals surface area contributed by atoms with Crippen LogP contribution in [-0.2, 0) is 5.41 Å². The molecule has 0 radical (unpaired) electrons. The van der Waals surface area contributed by atoms with Crippen molar-refractivity contribution in [2.24, 2.45) is 23.7 Å². The van der Waals surface area contributed by atoms with Crippen LogP contribution in [-0.4, -0.2) is 4.57 Å². The molecule has 55 heavy (non-hydrogen) atoms. The summed E-state index contributed by atoms with van der Waals surface area (Å²) in [6.07, 6.45) is 11.4. The Kier molecular flexibility index (Phi) is 7.00. The fourth-order valence-corrected chi connectivity index (χ4v) is 12.8. The first-order valence-electron chi connectivity index (χ1n) is 21.3. The van der Waals surface area contributed by atoms with Crippen LogP contribution in [0.3, 0.4) is 0 Å². The van der Waals surface area contributed by atoms with Gasteiger partial charge in [-0.1, -0.05) is 106 Å². The van der Waals surface area contributed by atoms with Gasteiger partial charge in [0.1, 0.15) is 0 Å². The van der Waals surface area contributed by atoms with Crippen molar-refractivity contribution in [2.45, 2.75) is 82.5 Å². The monoisotopic (exact) mass is 714 g/mol. The van der Waals surface area contributed by atoms with Crippen LogP contribution >= 0.6 is 0 Å². The van der Waals surface area contributed by atoms with E-state index in [1.54, 1.807) is 11.1 Å². The Morgan fingerprint density at radius 2 is 1.11 bits per heavy atom. The zero-order valence-electron chi connectivity index (χ0n) is 32.2. The number of fused-ring (bicyclic) bond motifs is 11. The van der Waals surface area contributed by atoms with Crippen LogP contribution in [0.1, 0.15) is 99.3 Å². The van der Waals surface area contributed by atoms with Crippen LogP contribution in [0, 0.1) is 23.7 Å². The highest BCUT2D eigenvalue weighted by atomic mass is 15.1. The van der Waals surface area contributed by atoms with Crippen LogP contribution in [0.15, 0.2) is 133 Å². The lowest BCUT2D eigenvalue weighted by Gasteiger charge is -2.30. The predicted molar refractivity (Wildman–Crippen MR) is 229 cm³/mol. The lowest BCUT2D eigenvalue weighted by atomic mass is 9.81. The molecule has 0 N–H and O–H groups in total. The SMILES string of the molecule is CC1(C)c2cc(N(c3ccc(C4CC5CCC4C5)cc3)c3ccc(C4CC5CCC4C5)cc3)ccc2-c2ccc3c4ccccc4n(-c4ccccc4)c3c21. The number of rotatable bonds is 6. The van der Waals surface area contributed by atoms with E-state index in [0.717, 1.165) is 35.5 Å². The fraction of sp³-hybridized carbons (Fsp3) is 0.321. The average Bonchev–Trinajstić information content (AvgIpc) is 4.10. The van der Waals surface area contributed by atoms with Crippen LogP contribution in [0.5, 0.6) is 0 Å². The molecule has 2 nitrogen and oxygen atoms in total. The molecule has 5 aliphatic rings. The van der Waals surface area contributed by atoms with E-state index >= 15 is 0 Å². The standard InChI is InChI=1S/C53H50N2/c1-53(2)49-32-42(24-25-43(49)45-26-27-46-44-10-6-7-11-50(44)55(52(46)51(45)53)39-8-4-3-5-9-39)54(40-20-16-35(17-21-40)47-30-33-12-14-37(47)28-33)41-22-18-36(19-23-41)48-31-34-13-15-38(48)29-34/h3-11,16-27,32-34,37-38,47-48H,12-15,28-31H2,1-2H3. The van der Waals surface area contributed by atoms with E-state index in [0.29, 0.717) is 0 Å². The molecule has 4 saturated carbocycles. The third-order valence-electron chi connectivity index (χ3n) is 15.3. The molecule has 4 bridgehead atoms. The smallest absolute Gasteiger partial charge is 0.0588 e. The molecular weight excluding hydrogens is 665 g/mol. The molecule has 1 aromatic heterocycles. The van der Waals surface area contributed by atoms with Crippen molar-refractivity contribution in [3.05, 3.63) is 156 Å². The highest BCUT2D eigenvalue weighted by molar-refractivity contribution is 6.13. The van der Waals surface area contributed by atoms with Crippen molar-refractivity contribution in [1.82, 2.24) is 4.57 Å². The molecule has 272 valence electrons. The first kappa shape index (κ1) is 32.2. The van der Waals surface area contributed by atoms with Crippen LogP contribution in [0.2, 0.25) is 0 Å². The quantitative estimate of drug-likeness (QED) is 0.166. The van der Waals surface area contributed by atoms with Crippen molar-refractivity contribution in [3.8, 4) is 16.8 Å². The Balaban J connectivity index is 0.986. The average molecular weight is 715 g/mol. The Hall–Kier alpha value is -5.08. The largest absolute Gasteiger partial charge is 0.310 e. The number of benzene rings is 6. The van der Waals surface area contributed by atoms with E-state index in [2.05, 4.69) is 157 Å². The molecule has 6 aromatic carbocycles. The summed E-state index contributed by atoms with van der Waals surface area (Å²) in [7, 11) is 0. The number of hydrogen-bond acceptors (Lipinski definition) is 1. The van der Waals surface area contributed by atoms with Crippen LogP contribution in [0.4, 0.5) is 17.1 Å². The maximum absolute atomic E-state index is 2.53. The van der Waals surface area contributed by atoms with Gasteiger partial charge >= 0.3 is 0 Å². The van der Waals surface area contributed by atoms with Gasteiger partial charge in [0.05, 0.1) is 11.0 Å². The summed E-state index contributed by atoms with van der Waals surface area (Å²) in [5.41, 5.74) is 16.0. The topological polar surface area (TPSA) is 8.17 Å². The van der Waals surface area contributed by atoms with Crippen molar-refractivity contribution in [1.29, 1.82) is 0 Å². The van der Waals surface area contributed by atoms with Crippen LogP contribution < -0.4 is 4.90 Å². The Morgan fingerprint density at radius 1 is 0.527 bits per heavy atom. The van der Waals surface area contributed by atoms with Gasteiger partial charge in [0.25, 0.3) is 0 Å². The molecule has 2 heteroatoms. The number of anilines is 3. The highest BCUT2D eigenvalue weighted by Crippen LogP contribution is 2.56. The van der Waals surface area contributed by atoms with Gasteiger partial charge in [-0.25, -0.2) is 0 Å². The molecule has 4 fully saturated rings. The lowest BCUT2D eigenvalue weighted by molar-refractivity contribution is 0.420. The molecule has 6 atom stereocenters. The number of para-hydroxylation sites is 2. The number of nitrogens with zero attached hydrogens (tertiary/aromatic N) is 2. The van der Waals surface area contributed by atoms with Crippen LogP contribution in [0.25, 0.3) is 38.6 Å². The minimum absolute atomic E-state index is 0.204. The van der Waals surface area contributed by atoms with Gasteiger partial charge in [0.15, 0.2) is 0 Å². The van der Waals surface area contributed by atoms with Gasteiger partial charge in [0.2, 0.25) is 0 Å². The molecule has 5 aliphatic carbocycles. The van der Waals surface area contributed by atoms with E-state index in [-0.39, 0.29) is 5.41 Å². The van der Waals surface area contributed by atoms with Crippen molar-refractivity contribution >= 4 is 38.9 Å². The van der Waals surface area contributed by atoms with E-state index in [1.165, 1.54) is 118 Å². The second kappa shape index (κ2) is 12.0. The first-order chi connectivity index (χ1) is 27.0.